The Labute approximate surface area is 126 Å². The predicted octanol–water partition coefficient (Wildman–Crippen LogP) is 0.674. The Morgan fingerprint density at radius 1 is 1.57 bits per heavy atom. The first-order valence-corrected chi connectivity index (χ1v) is 7.69. The summed E-state index contributed by atoms with van der Waals surface area (Å²) in [4.78, 5) is 41.1. The fourth-order valence-corrected chi connectivity index (χ4v) is 3.03. The first kappa shape index (κ1) is 15.6. The van der Waals surface area contributed by atoms with Crippen LogP contribution in [0.4, 0.5) is 0 Å². The van der Waals surface area contributed by atoms with E-state index in [4.69, 9.17) is 5.11 Å². The first-order chi connectivity index (χ1) is 9.95. The van der Waals surface area contributed by atoms with Crippen molar-refractivity contribution in [3.8, 4) is 0 Å². The van der Waals surface area contributed by atoms with E-state index < -0.39 is 24.0 Å². The molecule has 114 valence electrons. The number of amides is 1. The van der Waals surface area contributed by atoms with Crippen molar-refractivity contribution in [1.82, 2.24) is 14.5 Å². The van der Waals surface area contributed by atoms with Crippen molar-refractivity contribution in [2.45, 2.75) is 38.0 Å². The van der Waals surface area contributed by atoms with Gasteiger partial charge in [0.05, 0.1) is 0 Å². The predicted molar refractivity (Wildman–Crippen MR) is 77.6 cm³/mol. The second-order valence-corrected chi connectivity index (χ2v) is 5.91. The Bertz CT molecular complexity index is 628. The summed E-state index contributed by atoms with van der Waals surface area (Å²) in [7, 11) is 0. The van der Waals surface area contributed by atoms with Crippen LogP contribution >= 0.6 is 11.8 Å². The number of aliphatic carboxylic acids is 1. The molecule has 0 aliphatic carbocycles. The molecule has 0 spiro atoms. The zero-order chi connectivity index (χ0) is 15.6. The molecule has 0 saturated carbocycles. The van der Waals surface area contributed by atoms with Crippen LogP contribution in [-0.2, 0) is 11.3 Å². The number of hydrogen-bond acceptors (Lipinski definition) is 5. The summed E-state index contributed by atoms with van der Waals surface area (Å²) in [6.07, 6.45) is 1.86. The van der Waals surface area contributed by atoms with Gasteiger partial charge in [-0.05, 0) is 13.3 Å². The Morgan fingerprint density at radius 2 is 2.29 bits per heavy atom. The fraction of sp³-hybridized carbons (Fsp3) is 0.538. The van der Waals surface area contributed by atoms with Crippen molar-refractivity contribution in [2.24, 2.45) is 0 Å². The summed E-state index contributed by atoms with van der Waals surface area (Å²) in [6, 6.07) is -0.263. The monoisotopic (exact) mass is 311 g/mol. The molecular formula is C13H17N3O4S. The van der Waals surface area contributed by atoms with Crippen molar-refractivity contribution in [2.75, 3.05) is 12.3 Å². The number of fused-ring (bicyclic) bond motifs is 1. The third kappa shape index (κ3) is 3.10. The maximum absolute atomic E-state index is 12.5. The topological polar surface area (TPSA) is 92.5 Å². The minimum Gasteiger partial charge on any atom is -0.480 e. The molecule has 2 heterocycles. The van der Waals surface area contributed by atoms with Crippen LogP contribution in [0.3, 0.4) is 0 Å². The second-order valence-electron chi connectivity index (χ2n) is 4.84. The molecule has 8 heteroatoms. The molecule has 1 aromatic rings. The van der Waals surface area contributed by atoms with E-state index in [0.29, 0.717) is 18.1 Å². The lowest BCUT2D eigenvalue weighted by atomic mass is 10.2. The SMILES string of the molecule is CCC(C)N(CC(=O)O)C(=O)c1cnc2n(c1=O)CCS2. The summed E-state index contributed by atoms with van der Waals surface area (Å²) < 4.78 is 1.47. The number of carbonyl (C=O) groups excluding carboxylic acids is 1. The zero-order valence-electron chi connectivity index (χ0n) is 11.9. The summed E-state index contributed by atoms with van der Waals surface area (Å²) in [6.45, 7) is 3.71. The molecule has 0 fully saturated rings. The summed E-state index contributed by atoms with van der Waals surface area (Å²) in [5, 5.41) is 9.55. The molecule has 2 rings (SSSR count). The van der Waals surface area contributed by atoms with Crippen molar-refractivity contribution < 1.29 is 14.7 Å². The average Bonchev–Trinajstić information content (AvgIpc) is 2.93. The van der Waals surface area contributed by atoms with Gasteiger partial charge in [0.15, 0.2) is 5.16 Å². The van der Waals surface area contributed by atoms with Crippen molar-refractivity contribution in [1.29, 1.82) is 0 Å². The van der Waals surface area contributed by atoms with Crippen molar-refractivity contribution in [3.63, 3.8) is 0 Å². The van der Waals surface area contributed by atoms with E-state index in [-0.39, 0.29) is 11.6 Å². The van der Waals surface area contributed by atoms with Gasteiger partial charge in [0, 0.05) is 24.5 Å². The number of nitrogens with zero attached hydrogens (tertiary/aromatic N) is 3. The van der Waals surface area contributed by atoms with Gasteiger partial charge < -0.3 is 10.0 Å². The Kier molecular flexibility index (Phi) is 4.66. The van der Waals surface area contributed by atoms with Gasteiger partial charge in [0.2, 0.25) is 0 Å². The normalized spacial score (nSPS) is 14.6. The van der Waals surface area contributed by atoms with Gasteiger partial charge in [-0.1, -0.05) is 18.7 Å². The van der Waals surface area contributed by atoms with Crippen LogP contribution < -0.4 is 5.56 Å². The van der Waals surface area contributed by atoms with E-state index in [1.54, 1.807) is 6.92 Å². The number of carboxylic acid groups (broad SMARTS) is 1. The Morgan fingerprint density at radius 3 is 2.90 bits per heavy atom. The molecule has 1 N–H and O–H groups in total. The number of hydrogen-bond donors (Lipinski definition) is 1. The number of rotatable bonds is 5. The van der Waals surface area contributed by atoms with Crippen molar-refractivity contribution in [3.05, 3.63) is 22.1 Å². The highest BCUT2D eigenvalue weighted by molar-refractivity contribution is 7.99. The standard InChI is InChI=1S/C13H17N3O4S/c1-3-8(2)16(7-10(17)18)12(20)9-6-14-13-15(11(9)19)4-5-21-13/h6,8H,3-5,7H2,1-2H3,(H,17,18). The number of carbonyl (C=O) groups is 2. The van der Waals surface area contributed by atoms with E-state index >= 15 is 0 Å². The molecule has 0 saturated heterocycles. The van der Waals surface area contributed by atoms with Gasteiger partial charge >= 0.3 is 5.97 Å². The summed E-state index contributed by atoms with van der Waals surface area (Å²) in [5.74, 6) is -0.922. The number of aromatic nitrogens is 2. The molecule has 0 bridgehead atoms. The highest BCUT2D eigenvalue weighted by Gasteiger charge is 2.27. The lowest BCUT2D eigenvalue weighted by molar-refractivity contribution is -0.138. The van der Waals surface area contributed by atoms with E-state index in [2.05, 4.69) is 4.98 Å². The van der Waals surface area contributed by atoms with Crippen LogP contribution in [0.1, 0.15) is 30.6 Å². The van der Waals surface area contributed by atoms with E-state index in [9.17, 15) is 14.4 Å². The number of carboxylic acids is 1. The molecule has 1 aliphatic heterocycles. The van der Waals surface area contributed by atoms with E-state index in [0.717, 1.165) is 5.75 Å². The maximum atomic E-state index is 12.5. The van der Waals surface area contributed by atoms with Gasteiger partial charge in [0.25, 0.3) is 11.5 Å². The maximum Gasteiger partial charge on any atom is 0.323 e. The molecule has 0 radical (unpaired) electrons. The van der Waals surface area contributed by atoms with Crippen LogP contribution in [-0.4, -0.2) is 49.8 Å². The van der Waals surface area contributed by atoms with Crippen molar-refractivity contribution >= 4 is 23.6 Å². The smallest absolute Gasteiger partial charge is 0.323 e. The third-order valence-corrected chi connectivity index (χ3v) is 4.45. The van der Waals surface area contributed by atoms with Gasteiger partial charge in [-0.2, -0.15) is 0 Å². The average molecular weight is 311 g/mol. The van der Waals surface area contributed by atoms with Gasteiger partial charge in [-0.3, -0.25) is 19.0 Å². The van der Waals surface area contributed by atoms with E-state index in [1.807, 2.05) is 6.92 Å². The fourth-order valence-electron chi connectivity index (χ4n) is 2.11. The largest absolute Gasteiger partial charge is 0.480 e. The molecule has 1 aromatic heterocycles. The highest BCUT2D eigenvalue weighted by atomic mass is 32.2. The first-order valence-electron chi connectivity index (χ1n) is 6.71. The quantitative estimate of drug-likeness (QED) is 0.804. The molecule has 7 nitrogen and oxygen atoms in total. The van der Waals surface area contributed by atoms with Gasteiger partial charge in [-0.15, -0.1) is 0 Å². The Balaban J connectivity index is 2.37. The van der Waals surface area contributed by atoms with Crippen LogP contribution in [0.15, 0.2) is 16.1 Å². The molecule has 1 aliphatic rings. The minimum absolute atomic E-state index is 0.0669. The second kappa shape index (κ2) is 6.30. The molecular weight excluding hydrogens is 294 g/mol. The summed E-state index contributed by atoms with van der Waals surface area (Å²) >= 11 is 1.47. The Hall–Kier alpha value is -1.83. The van der Waals surface area contributed by atoms with Gasteiger partial charge in [0.1, 0.15) is 12.1 Å². The lowest BCUT2D eigenvalue weighted by Crippen LogP contribution is -2.44. The molecule has 1 unspecified atom stereocenters. The molecule has 1 amide bonds. The van der Waals surface area contributed by atoms with E-state index in [1.165, 1.54) is 27.4 Å². The van der Waals surface area contributed by atoms with Crippen LogP contribution in [0.2, 0.25) is 0 Å². The summed E-state index contributed by atoms with van der Waals surface area (Å²) in [5.41, 5.74) is -0.462. The van der Waals surface area contributed by atoms with Crippen LogP contribution in [0.5, 0.6) is 0 Å². The van der Waals surface area contributed by atoms with Gasteiger partial charge in [-0.25, -0.2) is 4.98 Å². The lowest BCUT2D eigenvalue weighted by Gasteiger charge is -2.26. The molecule has 1 atom stereocenters. The molecule has 21 heavy (non-hydrogen) atoms. The van der Waals surface area contributed by atoms with Crippen LogP contribution in [0, 0.1) is 0 Å². The highest BCUT2D eigenvalue weighted by Crippen LogP contribution is 2.21. The van der Waals surface area contributed by atoms with Crippen LogP contribution in [0.25, 0.3) is 0 Å². The number of thioether (sulfide) groups is 1. The molecule has 0 aromatic carbocycles. The third-order valence-electron chi connectivity index (χ3n) is 3.48. The zero-order valence-corrected chi connectivity index (χ0v) is 12.7. The minimum atomic E-state index is -1.10.